The van der Waals surface area contributed by atoms with Crippen molar-refractivity contribution in [2.45, 2.75) is 6.54 Å². The Bertz CT molecular complexity index is 946. The maximum Gasteiger partial charge on any atom is 0.317 e. The molecule has 7 heteroatoms. The van der Waals surface area contributed by atoms with Gasteiger partial charge in [0.25, 0.3) is 5.91 Å². The molecule has 1 N–H and O–H groups in total. The Labute approximate surface area is 156 Å². The summed E-state index contributed by atoms with van der Waals surface area (Å²) in [5.41, 5.74) is 2.95. The molecule has 1 fully saturated rings. The fourth-order valence-corrected chi connectivity index (χ4v) is 3.17. The molecule has 2 heterocycles. The molecule has 4 rings (SSSR count). The van der Waals surface area contributed by atoms with Gasteiger partial charge in [0.05, 0.1) is 0 Å². The van der Waals surface area contributed by atoms with Crippen LogP contribution in [0.5, 0.6) is 0 Å². The fraction of sp³-hybridized carbons (Fsp3) is 0.250. The molecule has 0 saturated carbocycles. The smallest absolute Gasteiger partial charge is 0.317 e. The van der Waals surface area contributed by atoms with Crippen LogP contribution in [0, 0.1) is 0 Å². The van der Waals surface area contributed by atoms with Gasteiger partial charge in [0, 0.05) is 38.3 Å². The topological polar surface area (TPSA) is 78.7 Å². The molecule has 1 aliphatic rings. The van der Waals surface area contributed by atoms with Gasteiger partial charge in [-0.25, -0.2) is 9.78 Å². The molecule has 2 aromatic carbocycles. The molecule has 0 radical (unpaired) electrons. The zero-order chi connectivity index (χ0) is 18.6. The van der Waals surface area contributed by atoms with Crippen LogP contribution in [0.2, 0.25) is 0 Å². The predicted octanol–water partition coefficient (Wildman–Crippen LogP) is 2.50. The summed E-state index contributed by atoms with van der Waals surface area (Å²) in [6.07, 6.45) is 1.37. The molecule has 1 aliphatic heterocycles. The van der Waals surface area contributed by atoms with Crippen molar-refractivity contribution in [3.8, 4) is 0 Å². The number of benzene rings is 2. The zero-order valence-corrected chi connectivity index (χ0v) is 14.8. The number of piperazine rings is 1. The van der Waals surface area contributed by atoms with Crippen LogP contribution in [-0.2, 0) is 6.54 Å². The molecule has 1 saturated heterocycles. The Balaban J connectivity index is 1.31. The molecular weight excluding hydrogens is 344 g/mol. The van der Waals surface area contributed by atoms with E-state index in [0.717, 1.165) is 11.1 Å². The van der Waals surface area contributed by atoms with Gasteiger partial charge in [0.1, 0.15) is 5.52 Å². The standard InChI is InChI=1S/C20H20N4O3/c25-19(16-6-7-17-18(12-16)27-14-22-17)23-8-10-24(11-9-23)20(26)21-13-15-4-2-1-3-5-15/h1-7,12,14H,8-11,13H2,(H,21,26). The quantitative estimate of drug-likeness (QED) is 0.774. The van der Waals surface area contributed by atoms with Gasteiger partial charge in [0.15, 0.2) is 12.0 Å². The van der Waals surface area contributed by atoms with Crippen LogP contribution in [0.1, 0.15) is 15.9 Å². The van der Waals surface area contributed by atoms with Crippen LogP contribution in [-0.4, -0.2) is 52.9 Å². The number of nitrogens with one attached hydrogen (secondary N) is 1. The first-order chi connectivity index (χ1) is 13.2. The molecule has 7 nitrogen and oxygen atoms in total. The summed E-state index contributed by atoms with van der Waals surface area (Å²) >= 11 is 0. The van der Waals surface area contributed by atoms with E-state index in [4.69, 9.17) is 4.42 Å². The summed E-state index contributed by atoms with van der Waals surface area (Å²) in [4.78, 5) is 32.6. The molecule has 3 amide bonds. The van der Waals surface area contributed by atoms with E-state index in [2.05, 4.69) is 10.3 Å². The highest BCUT2D eigenvalue weighted by molar-refractivity contribution is 5.97. The Morgan fingerprint density at radius 2 is 1.74 bits per heavy atom. The molecule has 0 unspecified atom stereocenters. The van der Waals surface area contributed by atoms with Crippen molar-refractivity contribution in [1.29, 1.82) is 0 Å². The largest absolute Gasteiger partial charge is 0.443 e. The van der Waals surface area contributed by atoms with Crippen molar-refractivity contribution in [3.63, 3.8) is 0 Å². The summed E-state index contributed by atoms with van der Waals surface area (Å²) < 4.78 is 5.26. The summed E-state index contributed by atoms with van der Waals surface area (Å²) in [6, 6.07) is 14.9. The van der Waals surface area contributed by atoms with Crippen molar-refractivity contribution in [3.05, 3.63) is 66.1 Å². The van der Waals surface area contributed by atoms with Gasteiger partial charge in [0.2, 0.25) is 0 Å². The first-order valence-electron chi connectivity index (χ1n) is 8.90. The summed E-state index contributed by atoms with van der Waals surface area (Å²) in [5.74, 6) is -0.0577. The number of hydrogen-bond acceptors (Lipinski definition) is 4. The Hall–Kier alpha value is -3.35. The number of fused-ring (bicyclic) bond motifs is 1. The first kappa shape index (κ1) is 17.1. The average Bonchev–Trinajstić information content (AvgIpc) is 3.20. The van der Waals surface area contributed by atoms with Gasteiger partial charge in [-0.05, 0) is 23.8 Å². The highest BCUT2D eigenvalue weighted by Gasteiger charge is 2.25. The fourth-order valence-electron chi connectivity index (χ4n) is 3.17. The molecule has 0 spiro atoms. The minimum Gasteiger partial charge on any atom is -0.443 e. The molecule has 27 heavy (non-hydrogen) atoms. The molecule has 0 atom stereocenters. The zero-order valence-electron chi connectivity index (χ0n) is 14.8. The van der Waals surface area contributed by atoms with Gasteiger partial charge in [-0.15, -0.1) is 0 Å². The van der Waals surface area contributed by atoms with Crippen molar-refractivity contribution in [2.75, 3.05) is 26.2 Å². The lowest BCUT2D eigenvalue weighted by Crippen LogP contribution is -2.53. The molecule has 138 valence electrons. The van der Waals surface area contributed by atoms with Crippen LogP contribution in [0.25, 0.3) is 11.1 Å². The van der Waals surface area contributed by atoms with Crippen molar-refractivity contribution >= 4 is 23.0 Å². The summed E-state index contributed by atoms with van der Waals surface area (Å²) in [7, 11) is 0. The second-order valence-corrected chi connectivity index (χ2v) is 6.46. The maximum absolute atomic E-state index is 12.7. The minimum absolute atomic E-state index is 0.0577. The van der Waals surface area contributed by atoms with Crippen molar-refractivity contribution in [1.82, 2.24) is 20.1 Å². The van der Waals surface area contributed by atoms with E-state index in [1.165, 1.54) is 6.39 Å². The van der Waals surface area contributed by atoms with E-state index in [-0.39, 0.29) is 11.9 Å². The Morgan fingerprint density at radius 1 is 1.00 bits per heavy atom. The lowest BCUT2D eigenvalue weighted by Gasteiger charge is -2.34. The van der Waals surface area contributed by atoms with E-state index >= 15 is 0 Å². The number of oxazole rings is 1. The number of aromatic nitrogens is 1. The number of hydrogen-bond donors (Lipinski definition) is 1. The molecule has 0 aliphatic carbocycles. The third kappa shape index (κ3) is 3.76. The van der Waals surface area contributed by atoms with E-state index < -0.39 is 0 Å². The van der Waals surface area contributed by atoms with Gasteiger partial charge < -0.3 is 19.5 Å². The SMILES string of the molecule is O=C(NCc1ccccc1)N1CCN(C(=O)c2ccc3ncoc3c2)CC1. The molecule has 1 aromatic heterocycles. The van der Waals surface area contributed by atoms with Gasteiger partial charge in [-0.1, -0.05) is 30.3 Å². The lowest BCUT2D eigenvalue weighted by atomic mass is 10.1. The van der Waals surface area contributed by atoms with Crippen LogP contribution < -0.4 is 5.32 Å². The lowest BCUT2D eigenvalue weighted by molar-refractivity contribution is 0.0665. The van der Waals surface area contributed by atoms with E-state index in [1.54, 1.807) is 28.0 Å². The highest BCUT2D eigenvalue weighted by atomic mass is 16.3. The monoisotopic (exact) mass is 364 g/mol. The normalized spacial score (nSPS) is 14.4. The maximum atomic E-state index is 12.7. The average molecular weight is 364 g/mol. The highest BCUT2D eigenvalue weighted by Crippen LogP contribution is 2.16. The molecule has 3 aromatic rings. The van der Waals surface area contributed by atoms with Gasteiger partial charge in [-0.3, -0.25) is 4.79 Å². The van der Waals surface area contributed by atoms with Crippen molar-refractivity contribution < 1.29 is 14.0 Å². The van der Waals surface area contributed by atoms with Crippen LogP contribution in [0.15, 0.2) is 59.3 Å². The van der Waals surface area contributed by atoms with Gasteiger partial charge in [-0.2, -0.15) is 0 Å². The number of carbonyl (C=O) groups is 2. The van der Waals surface area contributed by atoms with E-state index in [1.807, 2.05) is 30.3 Å². The Morgan fingerprint density at radius 3 is 2.52 bits per heavy atom. The molecule has 0 bridgehead atoms. The van der Waals surface area contributed by atoms with Crippen LogP contribution >= 0.6 is 0 Å². The van der Waals surface area contributed by atoms with Gasteiger partial charge >= 0.3 is 6.03 Å². The third-order valence-electron chi connectivity index (χ3n) is 4.72. The van der Waals surface area contributed by atoms with Crippen LogP contribution in [0.4, 0.5) is 4.79 Å². The number of urea groups is 1. The minimum atomic E-state index is -0.103. The molecular formula is C20H20N4O3. The first-order valence-corrected chi connectivity index (χ1v) is 8.90. The van der Waals surface area contributed by atoms with E-state index in [0.29, 0.717) is 43.9 Å². The number of nitrogens with zero attached hydrogens (tertiary/aromatic N) is 3. The van der Waals surface area contributed by atoms with Crippen LogP contribution in [0.3, 0.4) is 0 Å². The van der Waals surface area contributed by atoms with Crippen molar-refractivity contribution in [2.24, 2.45) is 0 Å². The third-order valence-corrected chi connectivity index (χ3v) is 4.72. The number of carbonyl (C=O) groups excluding carboxylic acids is 2. The number of amides is 3. The second kappa shape index (κ2) is 7.49. The second-order valence-electron chi connectivity index (χ2n) is 6.46. The Kier molecular flexibility index (Phi) is 4.74. The summed E-state index contributed by atoms with van der Waals surface area (Å²) in [5, 5.41) is 2.93. The summed E-state index contributed by atoms with van der Waals surface area (Å²) in [6.45, 7) is 2.53. The predicted molar refractivity (Wildman–Crippen MR) is 100 cm³/mol. The van der Waals surface area contributed by atoms with E-state index in [9.17, 15) is 9.59 Å². The number of rotatable bonds is 3.